The summed E-state index contributed by atoms with van der Waals surface area (Å²) in [6.07, 6.45) is 3.51. The highest BCUT2D eigenvalue weighted by Crippen LogP contribution is 2.17. The zero-order chi connectivity index (χ0) is 10.4. The maximum atomic E-state index is 10.9. The van der Waals surface area contributed by atoms with Crippen LogP contribution in [0.2, 0.25) is 0 Å². The summed E-state index contributed by atoms with van der Waals surface area (Å²) in [5.74, 6) is -0.981. The molecule has 0 bridgehead atoms. The average Bonchev–Trinajstić information content (AvgIpc) is 2.19. The van der Waals surface area contributed by atoms with E-state index >= 15 is 0 Å². The molecule has 0 unspecified atom stereocenters. The molecule has 0 radical (unpaired) electrons. The van der Waals surface area contributed by atoms with E-state index in [0.717, 1.165) is 12.8 Å². The van der Waals surface area contributed by atoms with E-state index in [1.165, 1.54) is 0 Å². The summed E-state index contributed by atoms with van der Waals surface area (Å²) in [6.45, 7) is 3.19. The van der Waals surface area contributed by atoms with Gasteiger partial charge in [-0.25, -0.2) is 4.79 Å². The van der Waals surface area contributed by atoms with Crippen LogP contribution in [0.15, 0.2) is 11.6 Å². The number of hydrogen-bond acceptors (Lipinski definition) is 3. The van der Waals surface area contributed by atoms with E-state index < -0.39 is 5.97 Å². The molecule has 80 valence electrons. The molecular formula is C10H16O4. The molecule has 4 nitrogen and oxygen atoms in total. The molecule has 0 aromatic heterocycles. The van der Waals surface area contributed by atoms with Crippen molar-refractivity contribution in [2.45, 2.75) is 19.8 Å². The van der Waals surface area contributed by atoms with Gasteiger partial charge in [0.25, 0.3) is 0 Å². The molecule has 1 fully saturated rings. The summed E-state index contributed by atoms with van der Waals surface area (Å²) < 4.78 is 10.1. The largest absolute Gasteiger partial charge is 0.478 e. The highest BCUT2D eigenvalue weighted by Gasteiger charge is 2.23. The predicted molar refractivity (Wildman–Crippen MR) is 50.9 cm³/mol. The molecule has 1 saturated heterocycles. The number of allylic oxidation sites excluding steroid dienone is 1. The van der Waals surface area contributed by atoms with Crippen molar-refractivity contribution in [3.63, 3.8) is 0 Å². The number of carboxylic acids is 1. The van der Waals surface area contributed by atoms with Gasteiger partial charge in [-0.05, 0) is 6.42 Å². The van der Waals surface area contributed by atoms with Crippen molar-refractivity contribution in [2.75, 3.05) is 20.0 Å². The molecule has 0 aromatic rings. The lowest BCUT2D eigenvalue weighted by molar-refractivity contribution is -0.140. The first-order chi connectivity index (χ1) is 6.75. The van der Waals surface area contributed by atoms with Gasteiger partial charge in [0.05, 0.1) is 13.2 Å². The van der Waals surface area contributed by atoms with Crippen LogP contribution in [0.25, 0.3) is 0 Å². The van der Waals surface area contributed by atoms with Gasteiger partial charge in [0.15, 0.2) is 0 Å². The van der Waals surface area contributed by atoms with Crippen molar-refractivity contribution in [1.82, 2.24) is 0 Å². The summed E-state index contributed by atoms with van der Waals surface area (Å²) in [5.41, 5.74) is 0.423. The van der Waals surface area contributed by atoms with Gasteiger partial charge < -0.3 is 14.6 Å². The molecule has 14 heavy (non-hydrogen) atoms. The molecular weight excluding hydrogens is 184 g/mol. The lowest BCUT2D eigenvalue weighted by Gasteiger charge is -2.22. The Labute approximate surface area is 83.5 Å². The van der Waals surface area contributed by atoms with Crippen molar-refractivity contribution in [3.8, 4) is 0 Å². The normalized spacial score (nSPS) is 19.6. The third-order valence-corrected chi connectivity index (χ3v) is 2.14. The topological polar surface area (TPSA) is 55.8 Å². The number of carboxylic acid groups (broad SMARTS) is 1. The molecule has 0 amide bonds. The summed E-state index contributed by atoms with van der Waals surface area (Å²) in [7, 11) is 0. The number of hydrogen-bond donors (Lipinski definition) is 1. The van der Waals surface area contributed by atoms with Gasteiger partial charge in [0.2, 0.25) is 0 Å². The molecule has 0 aromatic carbocycles. The third-order valence-electron chi connectivity index (χ3n) is 2.14. The summed E-state index contributed by atoms with van der Waals surface area (Å²) in [5, 5.41) is 8.97. The smallest absolute Gasteiger partial charge is 0.331 e. The van der Waals surface area contributed by atoms with Gasteiger partial charge in [-0.1, -0.05) is 19.4 Å². The van der Waals surface area contributed by atoms with Crippen LogP contribution in [-0.4, -0.2) is 31.1 Å². The minimum atomic E-state index is -0.863. The fourth-order valence-corrected chi connectivity index (χ4v) is 1.40. The molecule has 0 spiro atoms. The van der Waals surface area contributed by atoms with Crippen molar-refractivity contribution in [1.29, 1.82) is 0 Å². The van der Waals surface area contributed by atoms with Crippen LogP contribution in [0.1, 0.15) is 19.8 Å². The zero-order valence-electron chi connectivity index (χ0n) is 8.36. The lowest BCUT2D eigenvalue weighted by atomic mass is 9.99. The monoisotopic (exact) mass is 200 g/mol. The summed E-state index contributed by atoms with van der Waals surface area (Å²) in [4.78, 5) is 10.9. The fraction of sp³-hybridized carbons (Fsp3) is 0.700. The van der Waals surface area contributed by atoms with E-state index in [0.29, 0.717) is 18.8 Å². The number of unbranched alkanes of at least 4 members (excludes halogenated alkanes) is 1. The maximum Gasteiger partial charge on any atom is 0.331 e. The van der Waals surface area contributed by atoms with E-state index in [2.05, 4.69) is 0 Å². The molecule has 0 aliphatic carbocycles. The van der Waals surface area contributed by atoms with Crippen molar-refractivity contribution >= 4 is 5.97 Å². The van der Waals surface area contributed by atoms with E-state index in [-0.39, 0.29) is 12.7 Å². The first kappa shape index (κ1) is 11.2. The number of carbonyl (C=O) groups is 1. The Bertz CT molecular complexity index is 216. The zero-order valence-corrected chi connectivity index (χ0v) is 8.36. The van der Waals surface area contributed by atoms with Crippen LogP contribution in [-0.2, 0) is 14.3 Å². The SMILES string of the molecule is CCCC=C(C(=O)O)C1COCOC1. The van der Waals surface area contributed by atoms with E-state index in [1.807, 2.05) is 6.92 Å². The van der Waals surface area contributed by atoms with Gasteiger partial charge in [-0.2, -0.15) is 0 Å². The molecule has 4 heteroatoms. The van der Waals surface area contributed by atoms with Crippen LogP contribution in [0.3, 0.4) is 0 Å². The van der Waals surface area contributed by atoms with Crippen LogP contribution in [0.5, 0.6) is 0 Å². The van der Waals surface area contributed by atoms with Gasteiger partial charge in [0.1, 0.15) is 6.79 Å². The van der Waals surface area contributed by atoms with Crippen LogP contribution in [0, 0.1) is 5.92 Å². The molecule has 1 aliphatic rings. The molecule has 1 rings (SSSR count). The fourth-order valence-electron chi connectivity index (χ4n) is 1.40. The summed E-state index contributed by atoms with van der Waals surface area (Å²) in [6, 6.07) is 0. The van der Waals surface area contributed by atoms with Crippen molar-refractivity contribution in [3.05, 3.63) is 11.6 Å². The second-order valence-corrected chi connectivity index (χ2v) is 3.31. The van der Waals surface area contributed by atoms with Crippen molar-refractivity contribution < 1.29 is 19.4 Å². The Hall–Kier alpha value is -0.870. The minimum absolute atomic E-state index is 0.118. The quantitative estimate of drug-likeness (QED) is 0.697. The Kier molecular flexibility index (Phi) is 4.62. The second kappa shape index (κ2) is 5.78. The molecule has 0 saturated carbocycles. The third kappa shape index (κ3) is 3.12. The minimum Gasteiger partial charge on any atom is -0.478 e. The van der Waals surface area contributed by atoms with E-state index in [4.69, 9.17) is 14.6 Å². The van der Waals surface area contributed by atoms with Crippen molar-refractivity contribution in [2.24, 2.45) is 5.92 Å². The van der Waals surface area contributed by atoms with Crippen LogP contribution in [0.4, 0.5) is 0 Å². The first-order valence-corrected chi connectivity index (χ1v) is 4.84. The van der Waals surface area contributed by atoms with Gasteiger partial charge in [-0.15, -0.1) is 0 Å². The Morgan fingerprint density at radius 2 is 2.14 bits per heavy atom. The average molecular weight is 200 g/mol. The maximum absolute atomic E-state index is 10.9. The Balaban J connectivity index is 2.60. The Morgan fingerprint density at radius 3 is 2.64 bits per heavy atom. The highest BCUT2D eigenvalue weighted by atomic mass is 16.7. The molecule has 1 heterocycles. The standard InChI is InChI=1S/C10H16O4/c1-2-3-4-9(10(11)12)8-5-13-7-14-6-8/h4,8H,2-3,5-7H2,1H3,(H,11,12). The molecule has 0 atom stereocenters. The van der Waals surface area contributed by atoms with E-state index in [1.54, 1.807) is 6.08 Å². The van der Waals surface area contributed by atoms with Gasteiger partial charge in [0, 0.05) is 11.5 Å². The van der Waals surface area contributed by atoms with Crippen LogP contribution < -0.4 is 0 Å². The van der Waals surface area contributed by atoms with E-state index in [9.17, 15) is 4.79 Å². The molecule has 1 N–H and O–H groups in total. The summed E-state index contributed by atoms with van der Waals surface area (Å²) >= 11 is 0. The molecule has 1 aliphatic heterocycles. The highest BCUT2D eigenvalue weighted by molar-refractivity contribution is 5.87. The Morgan fingerprint density at radius 1 is 1.50 bits per heavy atom. The number of aliphatic carboxylic acids is 1. The second-order valence-electron chi connectivity index (χ2n) is 3.31. The van der Waals surface area contributed by atoms with Gasteiger partial charge >= 0.3 is 5.97 Å². The number of rotatable bonds is 4. The van der Waals surface area contributed by atoms with Crippen LogP contribution >= 0.6 is 0 Å². The lowest BCUT2D eigenvalue weighted by Crippen LogP contribution is -2.28. The number of ether oxygens (including phenoxy) is 2. The van der Waals surface area contributed by atoms with Gasteiger partial charge in [-0.3, -0.25) is 0 Å². The predicted octanol–water partition coefficient (Wildman–Crippen LogP) is 1.42. The first-order valence-electron chi connectivity index (χ1n) is 4.84.